The zero-order valence-electron chi connectivity index (χ0n) is 6.62. The molecular weight excluding hydrogens is 160 g/mol. The minimum atomic E-state index is -0.718. The first kappa shape index (κ1) is 8.77. The van der Waals surface area contributed by atoms with Gasteiger partial charge in [0.05, 0.1) is 6.61 Å². The lowest BCUT2D eigenvalue weighted by Gasteiger charge is -2.03. The highest BCUT2D eigenvalue weighted by molar-refractivity contribution is 5.95. The van der Waals surface area contributed by atoms with Crippen molar-refractivity contribution in [2.45, 2.75) is 6.42 Å². The van der Waals surface area contributed by atoms with Gasteiger partial charge >= 0.3 is 11.9 Å². The molecule has 0 radical (unpaired) electrons. The maximum Gasteiger partial charge on any atom is 0.320 e. The van der Waals surface area contributed by atoms with Crippen LogP contribution in [0.2, 0.25) is 0 Å². The Morgan fingerprint density at radius 1 is 1.83 bits per heavy atom. The molecule has 0 spiro atoms. The minimum Gasteiger partial charge on any atom is -0.465 e. The lowest BCUT2D eigenvalue weighted by molar-refractivity contribution is -0.155. The Balaban J connectivity index is 2.40. The number of esters is 2. The molecule has 0 bridgehead atoms. The molecule has 1 aliphatic rings. The molecule has 0 saturated carbocycles. The molecule has 0 aliphatic carbocycles. The fraction of sp³-hybridized carbons (Fsp3) is 0.500. The summed E-state index contributed by atoms with van der Waals surface area (Å²) in [4.78, 5) is 21.9. The van der Waals surface area contributed by atoms with Crippen LogP contribution in [0.4, 0.5) is 0 Å². The van der Waals surface area contributed by atoms with Crippen LogP contribution < -0.4 is 0 Å². The van der Waals surface area contributed by atoms with Gasteiger partial charge in [0.1, 0.15) is 6.61 Å². The molecule has 4 heteroatoms. The second kappa shape index (κ2) is 3.90. The van der Waals surface area contributed by atoms with Gasteiger partial charge in [0.25, 0.3) is 0 Å². The standard InChI is InChI=1S/C8H10O4/c1-2-4-11-7(9)6-3-5-12-8(6)10/h2,6H,1,3-5H2. The molecule has 0 N–H and O–H groups in total. The van der Waals surface area contributed by atoms with Gasteiger partial charge in [-0.25, -0.2) is 0 Å². The van der Waals surface area contributed by atoms with Crippen LogP contribution in [0.1, 0.15) is 6.42 Å². The van der Waals surface area contributed by atoms with Crippen molar-refractivity contribution in [3.8, 4) is 0 Å². The second-order valence-corrected chi connectivity index (χ2v) is 2.43. The van der Waals surface area contributed by atoms with Crippen molar-refractivity contribution in [2.75, 3.05) is 13.2 Å². The van der Waals surface area contributed by atoms with Gasteiger partial charge in [-0.2, -0.15) is 0 Å². The van der Waals surface area contributed by atoms with E-state index in [1.165, 1.54) is 6.08 Å². The Kier molecular flexibility index (Phi) is 2.85. The molecule has 1 rings (SSSR count). The molecule has 1 heterocycles. The van der Waals surface area contributed by atoms with Gasteiger partial charge < -0.3 is 9.47 Å². The minimum absolute atomic E-state index is 0.141. The average Bonchev–Trinajstić information content (AvgIpc) is 2.47. The van der Waals surface area contributed by atoms with Gasteiger partial charge in [-0.1, -0.05) is 12.7 Å². The average molecular weight is 170 g/mol. The number of rotatable bonds is 3. The van der Waals surface area contributed by atoms with Crippen LogP contribution in [0, 0.1) is 5.92 Å². The molecule has 1 aliphatic heterocycles. The number of carbonyl (C=O) groups is 2. The summed E-state index contributed by atoms with van der Waals surface area (Å²) in [6.07, 6.45) is 1.88. The Hall–Kier alpha value is -1.32. The summed E-state index contributed by atoms with van der Waals surface area (Å²) in [6, 6.07) is 0. The van der Waals surface area contributed by atoms with Crippen LogP contribution in [0.15, 0.2) is 12.7 Å². The van der Waals surface area contributed by atoms with Gasteiger partial charge in [0.15, 0.2) is 5.92 Å². The molecule has 1 atom stereocenters. The first-order chi connectivity index (χ1) is 5.75. The number of hydrogen-bond donors (Lipinski definition) is 0. The second-order valence-electron chi connectivity index (χ2n) is 2.43. The summed E-state index contributed by atoms with van der Waals surface area (Å²) in [6.45, 7) is 3.84. The molecule has 1 unspecified atom stereocenters. The van der Waals surface area contributed by atoms with Gasteiger partial charge in [-0.3, -0.25) is 9.59 Å². The van der Waals surface area contributed by atoms with E-state index in [4.69, 9.17) is 0 Å². The van der Waals surface area contributed by atoms with Crippen molar-refractivity contribution < 1.29 is 19.1 Å². The highest BCUT2D eigenvalue weighted by atomic mass is 16.6. The van der Waals surface area contributed by atoms with E-state index >= 15 is 0 Å². The SMILES string of the molecule is C=CCOC(=O)C1CCOC1=O. The van der Waals surface area contributed by atoms with Crippen LogP contribution in [-0.4, -0.2) is 25.2 Å². The van der Waals surface area contributed by atoms with E-state index in [0.717, 1.165) is 0 Å². The highest BCUT2D eigenvalue weighted by Gasteiger charge is 2.34. The lowest BCUT2D eigenvalue weighted by Crippen LogP contribution is -2.21. The molecule has 4 nitrogen and oxygen atoms in total. The third-order valence-corrected chi connectivity index (χ3v) is 1.56. The molecule has 0 aromatic carbocycles. The molecule has 1 saturated heterocycles. The molecule has 12 heavy (non-hydrogen) atoms. The maximum absolute atomic E-state index is 11.0. The summed E-state index contributed by atoms with van der Waals surface area (Å²) in [5.74, 6) is -1.72. The zero-order chi connectivity index (χ0) is 8.97. The number of cyclic esters (lactones) is 1. The van der Waals surface area contributed by atoms with E-state index in [-0.39, 0.29) is 6.61 Å². The lowest BCUT2D eigenvalue weighted by atomic mass is 10.1. The number of carbonyl (C=O) groups excluding carboxylic acids is 2. The third-order valence-electron chi connectivity index (χ3n) is 1.56. The van der Waals surface area contributed by atoms with Crippen LogP contribution in [0.25, 0.3) is 0 Å². The van der Waals surface area contributed by atoms with Gasteiger partial charge in [0.2, 0.25) is 0 Å². The first-order valence-corrected chi connectivity index (χ1v) is 3.70. The van der Waals surface area contributed by atoms with Crippen molar-refractivity contribution in [2.24, 2.45) is 5.92 Å². The number of hydrogen-bond acceptors (Lipinski definition) is 4. The summed E-state index contributed by atoms with van der Waals surface area (Å²) in [5.41, 5.74) is 0. The van der Waals surface area contributed by atoms with E-state index in [2.05, 4.69) is 16.1 Å². The largest absolute Gasteiger partial charge is 0.465 e. The fourth-order valence-electron chi connectivity index (χ4n) is 0.952. The maximum atomic E-state index is 11.0. The summed E-state index contributed by atoms with van der Waals surface area (Å²) < 4.78 is 9.29. The van der Waals surface area contributed by atoms with Crippen LogP contribution in [0.3, 0.4) is 0 Å². The van der Waals surface area contributed by atoms with Crippen molar-refractivity contribution in [1.82, 2.24) is 0 Å². The highest BCUT2D eigenvalue weighted by Crippen LogP contribution is 2.15. The molecule has 66 valence electrons. The van der Waals surface area contributed by atoms with E-state index in [9.17, 15) is 9.59 Å². The smallest absolute Gasteiger partial charge is 0.320 e. The van der Waals surface area contributed by atoms with Crippen LogP contribution in [0.5, 0.6) is 0 Å². The third kappa shape index (κ3) is 1.84. The van der Waals surface area contributed by atoms with Gasteiger partial charge in [0, 0.05) is 6.42 Å². The Bertz CT molecular complexity index is 209. The van der Waals surface area contributed by atoms with Gasteiger partial charge in [-0.05, 0) is 0 Å². The molecule has 0 amide bonds. The fourth-order valence-corrected chi connectivity index (χ4v) is 0.952. The number of ether oxygens (including phenoxy) is 2. The summed E-state index contributed by atoms with van der Waals surface area (Å²) in [5, 5.41) is 0. The predicted molar refractivity (Wildman–Crippen MR) is 40.2 cm³/mol. The van der Waals surface area contributed by atoms with Crippen molar-refractivity contribution in [3.05, 3.63) is 12.7 Å². The quantitative estimate of drug-likeness (QED) is 0.347. The Morgan fingerprint density at radius 3 is 3.08 bits per heavy atom. The van der Waals surface area contributed by atoms with Gasteiger partial charge in [-0.15, -0.1) is 0 Å². The monoisotopic (exact) mass is 170 g/mol. The van der Waals surface area contributed by atoms with Crippen molar-refractivity contribution in [3.63, 3.8) is 0 Å². The van der Waals surface area contributed by atoms with Crippen LogP contribution in [-0.2, 0) is 19.1 Å². The normalized spacial score (nSPS) is 21.7. The Morgan fingerprint density at radius 2 is 2.58 bits per heavy atom. The first-order valence-electron chi connectivity index (χ1n) is 3.70. The molecular formula is C8H10O4. The predicted octanol–water partition coefficient (Wildman–Crippen LogP) is 0.279. The zero-order valence-corrected chi connectivity index (χ0v) is 6.62. The molecule has 0 aromatic heterocycles. The van der Waals surface area contributed by atoms with Crippen LogP contribution >= 0.6 is 0 Å². The van der Waals surface area contributed by atoms with E-state index in [1.54, 1.807) is 0 Å². The Labute approximate surface area is 70.1 Å². The van der Waals surface area contributed by atoms with E-state index in [1.807, 2.05) is 0 Å². The summed E-state index contributed by atoms with van der Waals surface area (Å²) >= 11 is 0. The summed E-state index contributed by atoms with van der Waals surface area (Å²) in [7, 11) is 0. The van der Waals surface area contributed by atoms with E-state index in [0.29, 0.717) is 13.0 Å². The van der Waals surface area contributed by atoms with Crippen molar-refractivity contribution in [1.29, 1.82) is 0 Å². The van der Waals surface area contributed by atoms with E-state index < -0.39 is 17.9 Å². The van der Waals surface area contributed by atoms with Crippen molar-refractivity contribution >= 4 is 11.9 Å². The molecule has 0 aromatic rings. The molecule has 1 fully saturated rings. The topological polar surface area (TPSA) is 52.6 Å².